The zero-order valence-electron chi connectivity index (χ0n) is 15.4. The Kier molecular flexibility index (Phi) is 4.23. The Morgan fingerprint density at radius 2 is 1.97 bits per heavy atom. The van der Waals surface area contributed by atoms with Crippen molar-refractivity contribution in [3.05, 3.63) is 59.5 Å². The zero-order chi connectivity index (χ0) is 19.8. The molecule has 0 atom stereocenters. The SMILES string of the molecule is CC(=O)Nc1cccc(Nc2nc3cc(C4=NNNN4)ccc3c3sccc23)c1. The maximum absolute atomic E-state index is 11.3. The Morgan fingerprint density at radius 3 is 2.79 bits per heavy atom. The number of rotatable bonds is 4. The number of aromatic nitrogens is 1. The highest BCUT2D eigenvalue weighted by Gasteiger charge is 2.14. The van der Waals surface area contributed by atoms with Gasteiger partial charge in [-0.2, -0.15) is 0 Å². The van der Waals surface area contributed by atoms with Crippen LogP contribution < -0.4 is 27.1 Å². The summed E-state index contributed by atoms with van der Waals surface area (Å²) in [6, 6.07) is 15.7. The molecule has 0 radical (unpaired) electrons. The lowest BCUT2D eigenvalue weighted by Crippen LogP contribution is -2.35. The molecule has 2 aromatic carbocycles. The quantitative estimate of drug-likeness (QED) is 0.358. The number of nitrogens with one attached hydrogen (secondary N) is 5. The topological polar surface area (TPSA) is 102 Å². The molecule has 1 aliphatic rings. The smallest absolute Gasteiger partial charge is 0.221 e. The van der Waals surface area contributed by atoms with Crippen molar-refractivity contribution in [3.63, 3.8) is 0 Å². The van der Waals surface area contributed by atoms with Gasteiger partial charge in [-0.15, -0.1) is 22.0 Å². The number of fused-ring (bicyclic) bond motifs is 3. The molecule has 29 heavy (non-hydrogen) atoms. The summed E-state index contributed by atoms with van der Waals surface area (Å²) >= 11 is 1.68. The van der Waals surface area contributed by atoms with Gasteiger partial charge in [0.2, 0.25) is 5.91 Å². The number of hydrazone groups is 1. The van der Waals surface area contributed by atoms with E-state index in [9.17, 15) is 4.79 Å². The van der Waals surface area contributed by atoms with Crippen LogP contribution in [-0.4, -0.2) is 16.7 Å². The molecule has 5 N–H and O–H groups in total. The Balaban J connectivity index is 1.59. The molecule has 0 spiro atoms. The first-order valence-electron chi connectivity index (χ1n) is 8.97. The second-order valence-corrected chi connectivity index (χ2v) is 7.48. The van der Waals surface area contributed by atoms with Crippen LogP contribution in [0.15, 0.2) is 59.0 Å². The standard InChI is InChI=1S/C20H17N7OS/c1-11(28)21-13-3-2-4-14(10-13)22-20-16-7-8-29-18(16)15-6-5-12(9-17(15)23-20)19-24-26-27-25-19/h2-10,26-27H,1H3,(H,21,28)(H,22,23)(H,24,25). The van der Waals surface area contributed by atoms with E-state index in [2.05, 4.69) is 49.7 Å². The number of anilines is 3. The fraction of sp³-hybridized carbons (Fsp3) is 0.0500. The minimum Gasteiger partial charge on any atom is -0.340 e. The highest BCUT2D eigenvalue weighted by atomic mass is 32.1. The van der Waals surface area contributed by atoms with E-state index in [4.69, 9.17) is 4.98 Å². The molecule has 2 aromatic heterocycles. The third-order valence-corrected chi connectivity index (χ3v) is 5.47. The summed E-state index contributed by atoms with van der Waals surface area (Å²) in [5, 5.41) is 14.6. The number of carbonyl (C=O) groups excluding carboxylic acids is 1. The van der Waals surface area contributed by atoms with Gasteiger partial charge in [-0.25, -0.2) is 10.5 Å². The average molecular weight is 403 g/mol. The Morgan fingerprint density at radius 1 is 1.07 bits per heavy atom. The van der Waals surface area contributed by atoms with Gasteiger partial charge >= 0.3 is 0 Å². The van der Waals surface area contributed by atoms with Gasteiger partial charge in [0.15, 0.2) is 5.84 Å². The molecule has 0 fully saturated rings. The zero-order valence-corrected chi connectivity index (χ0v) is 16.2. The van der Waals surface area contributed by atoms with E-state index >= 15 is 0 Å². The molecule has 3 heterocycles. The van der Waals surface area contributed by atoms with Crippen LogP contribution in [0, 0.1) is 0 Å². The number of benzene rings is 2. The van der Waals surface area contributed by atoms with E-state index in [1.165, 1.54) is 11.6 Å². The molecule has 1 aliphatic heterocycles. The molecular formula is C20H17N7OS. The van der Waals surface area contributed by atoms with Crippen molar-refractivity contribution in [1.29, 1.82) is 0 Å². The minimum absolute atomic E-state index is 0.105. The van der Waals surface area contributed by atoms with E-state index < -0.39 is 0 Å². The van der Waals surface area contributed by atoms with Gasteiger partial charge in [-0.1, -0.05) is 18.2 Å². The maximum atomic E-state index is 11.3. The number of amides is 1. The number of thiophene rings is 1. The van der Waals surface area contributed by atoms with Gasteiger partial charge in [-0.3, -0.25) is 10.2 Å². The first-order valence-corrected chi connectivity index (χ1v) is 9.85. The molecule has 144 valence electrons. The molecule has 5 rings (SSSR count). The molecular weight excluding hydrogens is 386 g/mol. The summed E-state index contributed by atoms with van der Waals surface area (Å²) in [4.78, 5) is 16.2. The lowest BCUT2D eigenvalue weighted by Gasteiger charge is -2.11. The van der Waals surface area contributed by atoms with Crippen molar-refractivity contribution in [2.75, 3.05) is 10.6 Å². The summed E-state index contributed by atoms with van der Waals surface area (Å²) in [7, 11) is 0. The number of hydrogen-bond donors (Lipinski definition) is 5. The summed E-state index contributed by atoms with van der Waals surface area (Å²) < 4.78 is 1.17. The monoisotopic (exact) mass is 403 g/mol. The van der Waals surface area contributed by atoms with E-state index in [1.807, 2.05) is 36.4 Å². The molecule has 4 aromatic rings. The van der Waals surface area contributed by atoms with E-state index in [1.54, 1.807) is 11.3 Å². The molecule has 0 saturated carbocycles. The van der Waals surface area contributed by atoms with Crippen molar-refractivity contribution in [2.45, 2.75) is 6.92 Å². The lowest BCUT2D eigenvalue weighted by molar-refractivity contribution is -0.114. The summed E-state index contributed by atoms with van der Waals surface area (Å²) in [5.74, 6) is 1.37. The number of carbonyl (C=O) groups is 1. The Labute approximate surface area is 170 Å². The third-order valence-electron chi connectivity index (χ3n) is 4.52. The van der Waals surface area contributed by atoms with Crippen LogP contribution in [0.25, 0.3) is 21.0 Å². The van der Waals surface area contributed by atoms with Crippen molar-refractivity contribution in [1.82, 2.24) is 21.5 Å². The highest BCUT2D eigenvalue weighted by molar-refractivity contribution is 7.18. The molecule has 0 bridgehead atoms. The van der Waals surface area contributed by atoms with Crippen LogP contribution in [0.2, 0.25) is 0 Å². The van der Waals surface area contributed by atoms with E-state index in [-0.39, 0.29) is 5.91 Å². The van der Waals surface area contributed by atoms with Crippen LogP contribution in [0.4, 0.5) is 17.2 Å². The van der Waals surface area contributed by atoms with Gasteiger partial charge in [0, 0.05) is 39.3 Å². The fourth-order valence-corrected chi connectivity index (χ4v) is 4.23. The lowest BCUT2D eigenvalue weighted by atomic mass is 10.1. The van der Waals surface area contributed by atoms with Crippen molar-refractivity contribution in [3.8, 4) is 0 Å². The maximum Gasteiger partial charge on any atom is 0.221 e. The van der Waals surface area contributed by atoms with Gasteiger partial charge < -0.3 is 10.6 Å². The molecule has 0 saturated heterocycles. The predicted molar refractivity (Wildman–Crippen MR) is 117 cm³/mol. The van der Waals surface area contributed by atoms with Crippen LogP contribution >= 0.6 is 11.3 Å². The third kappa shape index (κ3) is 3.33. The summed E-state index contributed by atoms with van der Waals surface area (Å²) in [5.41, 5.74) is 11.8. The second kappa shape index (κ2) is 7.04. The average Bonchev–Trinajstić information content (AvgIpc) is 3.40. The molecule has 0 aliphatic carbocycles. The van der Waals surface area contributed by atoms with Crippen LogP contribution in [0.3, 0.4) is 0 Å². The minimum atomic E-state index is -0.105. The van der Waals surface area contributed by atoms with Gasteiger partial charge in [0.25, 0.3) is 0 Å². The number of hydrogen-bond acceptors (Lipinski definition) is 8. The predicted octanol–water partition coefficient (Wildman–Crippen LogP) is 3.43. The van der Waals surface area contributed by atoms with Crippen LogP contribution in [0.5, 0.6) is 0 Å². The van der Waals surface area contributed by atoms with Crippen molar-refractivity contribution >= 4 is 61.3 Å². The number of pyridine rings is 1. The van der Waals surface area contributed by atoms with Gasteiger partial charge in [-0.05, 0) is 35.7 Å². The van der Waals surface area contributed by atoms with Crippen molar-refractivity contribution < 1.29 is 4.79 Å². The van der Waals surface area contributed by atoms with Gasteiger partial charge in [0.05, 0.1) is 5.52 Å². The second-order valence-electron chi connectivity index (χ2n) is 6.56. The van der Waals surface area contributed by atoms with Crippen LogP contribution in [-0.2, 0) is 4.79 Å². The first-order chi connectivity index (χ1) is 14.2. The normalized spacial score (nSPS) is 13.1. The molecule has 0 unspecified atom stereocenters. The number of amidine groups is 1. The summed E-state index contributed by atoms with van der Waals surface area (Å²) in [6.45, 7) is 1.49. The number of nitrogens with zero attached hydrogens (tertiary/aromatic N) is 2. The summed E-state index contributed by atoms with van der Waals surface area (Å²) in [6.07, 6.45) is 0. The molecule has 8 nitrogen and oxygen atoms in total. The molecule has 1 amide bonds. The van der Waals surface area contributed by atoms with E-state index in [0.717, 1.165) is 39.0 Å². The largest absolute Gasteiger partial charge is 0.340 e. The van der Waals surface area contributed by atoms with Crippen molar-refractivity contribution in [2.24, 2.45) is 5.10 Å². The molecule has 9 heteroatoms. The fourth-order valence-electron chi connectivity index (χ4n) is 3.29. The first kappa shape index (κ1) is 17.4. The Hall–Kier alpha value is -3.69. The number of hydrazine groups is 2. The van der Waals surface area contributed by atoms with E-state index in [0.29, 0.717) is 5.84 Å². The van der Waals surface area contributed by atoms with Crippen LogP contribution in [0.1, 0.15) is 12.5 Å². The Bertz CT molecular complexity index is 1280. The van der Waals surface area contributed by atoms with Gasteiger partial charge in [0.1, 0.15) is 5.82 Å². The highest BCUT2D eigenvalue weighted by Crippen LogP contribution is 2.35.